The van der Waals surface area contributed by atoms with Crippen molar-refractivity contribution in [2.45, 2.75) is 13.8 Å². The largest absolute Gasteiger partial charge is 0.465 e. The minimum absolute atomic E-state index is 0.0745. The number of rotatable bonds is 4. The van der Waals surface area contributed by atoms with Crippen LogP contribution in [0.5, 0.6) is 0 Å². The highest BCUT2D eigenvalue weighted by molar-refractivity contribution is 5.75. The first-order valence-corrected chi connectivity index (χ1v) is 4.61. The van der Waals surface area contributed by atoms with Crippen molar-refractivity contribution in [2.75, 3.05) is 24.2 Å². The van der Waals surface area contributed by atoms with Crippen LogP contribution in [-0.2, 0) is 9.53 Å². The number of esters is 1. The van der Waals surface area contributed by atoms with Crippen LogP contribution in [0, 0.1) is 6.92 Å². The van der Waals surface area contributed by atoms with Crippen molar-refractivity contribution in [1.82, 2.24) is 9.97 Å². The number of anilines is 2. The van der Waals surface area contributed by atoms with E-state index in [0.717, 1.165) is 5.56 Å². The average molecular weight is 210 g/mol. The molecule has 3 N–H and O–H groups in total. The molecule has 1 rings (SSSR count). The lowest BCUT2D eigenvalue weighted by molar-refractivity contribution is -0.140. The van der Waals surface area contributed by atoms with Gasteiger partial charge in [0.2, 0.25) is 0 Å². The lowest BCUT2D eigenvalue weighted by atomic mass is 10.3. The van der Waals surface area contributed by atoms with Gasteiger partial charge in [0.05, 0.1) is 6.61 Å². The Morgan fingerprint density at radius 1 is 1.60 bits per heavy atom. The van der Waals surface area contributed by atoms with Gasteiger partial charge in [-0.25, -0.2) is 9.97 Å². The molecule has 0 aliphatic carbocycles. The van der Waals surface area contributed by atoms with Gasteiger partial charge in [0.1, 0.15) is 24.5 Å². The van der Waals surface area contributed by atoms with E-state index >= 15 is 0 Å². The van der Waals surface area contributed by atoms with Gasteiger partial charge in [0.15, 0.2) is 0 Å². The molecule has 1 heterocycles. The molecule has 0 bridgehead atoms. The van der Waals surface area contributed by atoms with Crippen molar-refractivity contribution >= 4 is 17.6 Å². The van der Waals surface area contributed by atoms with E-state index in [9.17, 15) is 4.79 Å². The van der Waals surface area contributed by atoms with Gasteiger partial charge in [-0.1, -0.05) is 0 Å². The average Bonchev–Trinajstić information content (AvgIpc) is 2.21. The maximum atomic E-state index is 11.1. The molecular formula is C9H14N4O2. The Morgan fingerprint density at radius 3 is 3.00 bits per heavy atom. The summed E-state index contributed by atoms with van der Waals surface area (Å²) in [6, 6.07) is 0. The molecule has 15 heavy (non-hydrogen) atoms. The number of nitrogens with one attached hydrogen (secondary N) is 1. The van der Waals surface area contributed by atoms with Gasteiger partial charge in [0.25, 0.3) is 0 Å². The molecule has 1 aromatic rings. The van der Waals surface area contributed by atoms with Crippen LogP contribution in [0.4, 0.5) is 11.6 Å². The zero-order valence-electron chi connectivity index (χ0n) is 8.78. The Bertz CT molecular complexity index is 354. The number of hydrogen-bond donors (Lipinski definition) is 2. The van der Waals surface area contributed by atoms with Crippen LogP contribution in [0.3, 0.4) is 0 Å². The van der Waals surface area contributed by atoms with E-state index in [2.05, 4.69) is 15.3 Å². The van der Waals surface area contributed by atoms with Crippen LogP contribution >= 0.6 is 0 Å². The summed E-state index contributed by atoms with van der Waals surface area (Å²) in [5.41, 5.74) is 6.30. The summed E-state index contributed by atoms with van der Waals surface area (Å²) in [5, 5.41) is 2.83. The Balaban J connectivity index is 2.58. The predicted molar refractivity (Wildman–Crippen MR) is 56.3 cm³/mol. The zero-order valence-corrected chi connectivity index (χ0v) is 8.78. The normalized spacial score (nSPS) is 9.73. The Morgan fingerprint density at radius 2 is 2.33 bits per heavy atom. The Kier molecular flexibility index (Phi) is 3.84. The molecule has 0 saturated heterocycles. The van der Waals surface area contributed by atoms with E-state index in [1.54, 1.807) is 13.8 Å². The van der Waals surface area contributed by atoms with Crippen LogP contribution in [0.2, 0.25) is 0 Å². The number of hydrogen-bond acceptors (Lipinski definition) is 6. The molecule has 0 atom stereocenters. The first kappa shape index (κ1) is 11.2. The SMILES string of the molecule is CCOC(=O)CNc1ncnc(N)c1C. The van der Waals surface area contributed by atoms with E-state index in [1.165, 1.54) is 6.33 Å². The fourth-order valence-electron chi connectivity index (χ4n) is 1.01. The summed E-state index contributed by atoms with van der Waals surface area (Å²) in [5.74, 6) is 0.626. The van der Waals surface area contributed by atoms with E-state index in [4.69, 9.17) is 10.5 Å². The van der Waals surface area contributed by atoms with Crippen molar-refractivity contribution in [3.05, 3.63) is 11.9 Å². The summed E-state index contributed by atoms with van der Waals surface area (Å²) in [7, 11) is 0. The summed E-state index contributed by atoms with van der Waals surface area (Å²) in [4.78, 5) is 18.8. The van der Waals surface area contributed by atoms with Gasteiger partial charge in [-0.2, -0.15) is 0 Å². The molecule has 6 nitrogen and oxygen atoms in total. The molecule has 6 heteroatoms. The van der Waals surface area contributed by atoms with Crippen LogP contribution in [0.1, 0.15) is 12.5 Å². The van der Waals surface area contributed by atoms with Crippen molar-refractivity contribution < 1.29 is 9.53 Å². The first-order valence-electron chi connectivity index (χ1n) is 4.61. The fourth-order valence-corrected chi connectivity index (χ4v) is 1.01. The van der Waals surface area contributed by atoms with E-state index in [0.29, 0.717) is 18.2 Å². The van der Waals surface area contributed by atoms with E-state index < -0.39 is 0 Å². The summed E-state index contributed by atoms with van der Waals surface area (Å²) in [6.07, 6.45) is 1.34. The van der Waals surface area contributed by atoms with Crippen molar-refractivity contribution in [3.8, 4) is 0 Å². The quantitative estimate of drug-likeness (QED) is 0.696. The maximum absolute atomic E-state index is 11.1. The van der Waals surface area contributed by atoms with Gasteiger partial charge >= 0.3 is 5.97 Å². The number of carbonyl (C=O) groups excluding carboxylic acids is 1. The van der Waals surface area contributed by atoms with Gasteiger partial charge in [0, 0.05) is 5.56 Å². The zero-order chi connectivity index (χ0) is 11.3. The topological polar surface area (TPSA) is 90.1 Å². The Labute approximate surface area is 87.9 Å². The van der Waals surface area contributed by atoms with Crippen LogP contribution in [0.25, 0.3) is 0 Å². The third kappa shape index (κ3) is 3.08. The molecular weight excluding hydrogens is 196 g/mol. The van der Waals surface area contributed by atoms with Crippen LogP contribution in [0.15, 0.2) is 6.33 Å². The number of nitrogen functional groups attached to an aromatic ring is 1. The van der Waals surface area contributed by atoms with Gasteiger partial charge in [-0.15, -0.1) is 0 Å². The monoisotopic (exact) mass is 210 g/mol. The lowest BCUT2D eigenvalue weighted by Gasteiger charge is -2.08. The van der Waals surface area contributed by atoms with Gasteiger partial charge < -0.3 is 15.8 Å². The van der Waals surface area contributed by atoms with Crippen LogP contribution < -0.4 is 11.1 Å². The van der Waals surface area contributed by atoms with Gasteiger partial charge in [-0.3, -0.25) is 4.79 Å². The van der Waals surface area contributed by atoms with Crippen LogP contribution in [-0.4, -0.2) is 29.1 Å². The second-order valence-corrected chi connectivity index (χ2v) is 2.89. The number of ether oxygens (including phenoxy) is 1. The molecule has 0 aliphatic heterocycles. The molecule has 0 fully saturated rings. The van der Waals surface area contributed by atoms with Crippen molar-refractivity contribution in [3.63, 3.8) is 0 Å². The second kappa shape index (κ2) is 5.14. The summed E-state index contributed by atoms with van der Waals surface area (Å²) >= 11 is 0. The van der Waals surface area contributed by atoms with E-state index in [-0.39, 0.29) is 12.5 Å². The molecule has 0 aliphatic rings. The molecule has 0 unspecified atom stereocenters. The van der Waals surface area contributed by atoms with Crippen molar-refractivity contribution in [2.24, 2.45) is 0 Å². The maximum Gasteiger partial charge on any atom is 0.325 e. The molecule has 82 valence electrons. The smallest absolute Gasteiger partial charge is 0.325 e. The van der Waals surface area contributed by atoms with Gasteiger partial charge in [-0.05, 0) is 13.8 Å². The molecule has 1 aromatic heterocycles. The third-order valence-corrected chi connectivity index (χ3v) is 1.83. The summed E-state index contributed by atoms with van der Waals surface area (Å²) in [6.45, 7) is 3.98. The lowest BCUT2D eigenvalue weighted by Crippen LogP contribution is -2.18. The molecule has 0 saturated carbocycles. The molecule has 0 spiro atoms. The number of nitrogens with two attached hydrogens (primary N) is 1. The number of aromatic nitrogens is 2. The minimum Gasteiger partial charge on any atom is -0.465 e. The molecule has 0 aromatic carbocycles. The van der Waals surface area contributed by atoms with Crippen molar-refractivity contribution in [1.29, 1.82) is 0 Å². The molecule has 0 amide bonds. The first-order chi connectivity index (χ1) is 7.15. The minimum atomic E-state index is -0.325. The molecule has 0 radical (unpaired) electrons. The highest BCUT2D eigenvalue weighted by atomic mass is 16.5. The number of nitrogens with zero attached hydrogens (tertiary/aromatic N) is 2. The predicted octanol–water partition coefficient (Wildman–Crippen LogP) is 0.342. The summed E-state index contributed by atoms with van der Waals surface area (Å²) < 4.78 is 4.76. The highest BCUT2D eigenvalue weighted by Gasteiger charge is 2.06. The Hall–Kier alpha value is -1.85. The fraction of sp³-hybridized carbons (Fsp3) is 0.444. The third-order valence-electron chi connectivity index (χ3n) is 1.83. The standard InChI is InChI=1S/C9H14N4O2/c1-3-15-7(14)4-11-9-6(2)8(10)12-5-13-9/h5H,3-4H2,1-2H3,(H3,10,11,12,13). The van der Waals surface area contributed by atoms with E-state index in [1.807, 2.05) is 0 Å². The second-order valence-electron chi connectivity index (χ2n) is 2.89. The number of carbonyl (C=O) groups is 1. The highest BCUT2D eigenvalue weighted by Crippen LogP contribution is 2.14.